The van der Waals surface area contributed by atoms with E-state index >= 15 is 0 Å². The first-order valence-corrected chi connectivity index (χ1v) is 8.11. The van der Waals surface area contributed by atoms with Crippen LogP contribution in [0.5, 0.6) is 0 Å². The Morgan fingerprint density at radius 2 is 1.67 bits per heavy atom. The summed E-state index contributed by atoms with van der Waals surface area (Å²) < 4.78 is 23.2. The fourth-order valence-electron chi connectivity index (χ4n) is 1.98. The van der Waals surface area contributed by atoms with E-state index in [1.54, 1.807) is 12.1 Å². The lowest BCUT2D eigenvalue weighted by Crippen LogP contribution is -2.14. The molecule has 6 heteroatoms. The van der Waals surface area contributed by atoms with Gasteiger partial charge in [-0.3, -0.25) is 0 Å². The third-order valence-corrected chi connectivity index (χ3v) is 4.12. The van der Waals surface area contributed by atoms with Crippen molar-refractivity contribution in [1.82, 2.24) is 0 Å². The van der Waals surface area contributed by atoms with Gasteiger partial charge in [-0.15, -0.1) is 0 Å². The number of sulfonamides is 1. The second kappa shape index (κ2) is 5.75. The van der Waals surface area contributed by atoms with Crippen LogP contribution < -0.4 is 16.2 Å². The Morgan fingerprint density at radius 1 is 1.05 bits per heavy atom. The van der Waals surface area contributed by atoms with Crippen LogP contribution in [0.3, 0.4) is 0 Å². The lowest BCUT2D eigenvalue weighted by molar-refractivity contribution is 0.598. The molecule has 2 aromatic rings. The van der Waals surface area contributed by atoms with E-state index in [2.05, 4.69) is 19.2 Å². The minimum atomic E-state index is -3.84. The summed E-state index contributed by atoms with van der Waals surface area (Å²) >= 11 is 0. The standard InChI is InChI=1S/C15H19N3O2S/c1-10(2)11-3-6-13(7-4-11)18-14-8-5-12(16)9-15(14)21(17,19)20/h3-10,18H,16H2,1-2H3,(H2,17,19,20). The fraction of sp³-hybridized carbons (Fsp3) is 0.200. The quantitative estimate of drug-likeness (QED) is 0.756. The number of hydrogen-bond acceptors (Lipinski definition) is 4. The molecule has 112 valence electrons. The third kappa shape index (κ3) is 3.74. The molecule has 0 aromatic heterocycles. The molecule has 0 aliphatic heterocycles. The van der Waals surface area contributed by atoms with E-state index in [0.717, 1.165) is 5.69 Å². The van der Waals surface area contributed by atoms with Crippen LogP contribution in [0.25, 0.3) is 0 Å². The number of primary sulfonamides is 1. The van der Waals surface area contributed by atoms with Gasteiger partial charge in [0.2, 0.25) is 10.0 Å². The normalized spacial score (nSPS) is 11.6. The Labute approximate surface area is 125 Å². The molecule has 5 nitrogen and oxygen atoms in total. The van der Waals surface area contributed by atoms with E-state index in [-0.39, 0.29) is 4.90 Å². The molecule has 2 aromatic carbocycles. The molecular formula is C15H19N3O2S. The van der Waals surface area contributed by atoms with Crippen molar-refractivity contribution in [3.05, 3.63) is 48.0 Å². The largest absolute Gasteiger partial charge is 0.399 e. The number of anilines is 3. The summed E-state index contributed by atoms with van der Waals surface area (Å²) in [6, 6.07) is 12.4. The zero-order valence-electron chi connectivity index (χ0n) is 12.0. The highest BCUT2D eigenvalue weighted by molar-refractivity contribution is 7.89. The zero-order chi connectivity index (χ0) is 15.6. The Bertz CT molecular complexity index is 738. The van der Waals surface area contributed by atoms with Crippen molar-refractivity contribution >= 4 is 27.1 Å². The average Bonchev–Trinajstić information content (AvgIpc) is 2.40. The highest BCUT2D eigenvalue weighted by Gasteiger charge is 2.14. The molecule has 5 N–H and O–H groups in total. The van der Waals surface area contributed by atoms with Crippen LogP contribution in [0.2, 0.25) is 0 Å². The lowest BCUT2D eigenvalue weighted by Gasteiger charge is -2.12. The van der Waals surface area contributed by atoms with Gasteiger partial charge in [0.15, 0.2) is 0 Å². The van der Waals surface area contributed by atoms with Crippen molar-refractivity contribution in [3.63, 3.8) is 0 Å². The SMILES string of the molecule is CC(C)c1ccc(Nc2ccc(N)cc2S(N)(=O)=O)cc1. The van der Waals surface area contributed by atoms with E-state index in [9.17, 15) is 8.42 Å². The van der Waals surface area contributed by atoms with Gasteiger partial charge in [-0.05, 0) is 41.8 Å². The zero-order valence-corrected chi connectivity index (χ0v) is 12.8. The highest BCUT2D eigenvalue weighted by Crippen LogP contribution is 2.27. The van der Waals surface area contributed by atoms with Gasteiger partial charge in [0.1, 0.15) is 4.90 Å². The molecule has 0 unspecified atom stereocenters. The highest BCUT2D eigenvalue weighted by atomic mass is 32.2. The number of nitrogens with one attached hydrogen (secondary N) is 1. The first kappa shape index (κ1) is 15.3. The van der Waals surface area contributed by atoms with Crippen LogP contribution in [0.15, 0.2) is 47.4 Å². The second-order valence-electron chi connectivity index (χ2n) is 5.20. The van der Waals surface area contributed by atoms with E-state index in [1.807, 2.05) is 24.3 Å². The third-order valence-electron chi connectivity index (χ3n) is 3.17. The Balaban J connectivity index is 2.35. The van der Waals surface area contributed by atoms with Crippen molar-refractivity contribution in [3.8, 4) is 0 Å². The molecule has 0 amide bonds. The summed E-state index contributed by atoms with van der Waals surface area (Å²) in [6.45, 7) is 4.23. The van der Waals surface area contributed by atoms with E-state index < -0.39 is 10.0 Å². The van der Waals surface area contributed by atoms with Crippen LogP contribution in [0, 0.1) is 0 Å². The number of nitrogen functional groups attached to an aromatic ring is 1. The fourth-order valence-corrected chi connectivity index (χ4v) is 2.71. The molecule has 0 saturated carbocycles. The molecule has 0 spiro atoms. The van der Waals surface area contributed by atoms with Gasteiger partial charge in [-0.25, -0.2) is 13.6 Å². The van der Waals surface area contributed by atoms with Gasteiger partial charge < -0.3 is 11.1 Å². The molecule has 21 heavy (non-hydrogen) atoms. The molecular weight excluding hydrogens is 286 g/mol. The van der Waals surface area contributed by atoms with Crippen LogP contribution in [0.1, 0.15) is 25.3 Å². The van der Waals surface area contributed by atoms with Gasteiger partial charge in [0.25, 0.3) is 0 Å². The second-order valence-corrected chi connectivity index (χ2v) is 6.73. The van der Waals surface area contributed by atoms with Crippen molar-refractivity contribution in [1.29, 1.82) is 0 Å². The monoisotopic (exact) mass is 305 g/mol. The molecule has 0 radical (unpaired) electrons. The van der Waals surface area contributed by atoms with E-state index in [0.29, 0.717) is 17.3 Å². The summed E-state index contributed by atoms with van der Waals surface area (Å²) in [5.41, 5.74) is 8.38. The summed E-state index contributed by atoms with van der Waals surface area (Å²) in [5, 5.41) is 8.28. The summed E-state index contributed by atoms with van der Waals surface area (Å²) in [7, 11) is -3.84. The maximum atomic E-state index is 11.6. The lowest BCUT2D eigenvalue weighted by atomic mass is 10.0. The van der Waals surface area contributed by atoms with Gasteiger partial charge in [0, 0.05) is 11.4 Å². The Kier molecular flexibility index (Phi) is 4.20. The van der Waals surface area contributed by atoms with E-state index in [1.165, 1.54) is 11.6 Å². The van der Waals surface area contributed by atoms with Gasteiger partial charge in [0.05, 0.1) is 5.69 Å². The van der Waals surface area contributed by atoms with Gasteiger partial charge in [-0.1, -0.05) is 26.0 Å². The van der Waals surface area contributed by atoms with Crippen LogP contribution in [-0.2, 0) is 10.0 Å². The molecule has 0 atom stereocenters. The maximum absolute atomic E-state index is 11.6. The number of nitrogens with two attached hydrogens (primary N) is 2. The smallest absolute Gasteiger partial charge is 0.240 e. The number of rotatable bonds is 4. The maximum Gasteiger partial charge on any atom is 0.240 e. The van der Waals surface area contributed by atoms with E-state index in [4.69, 9.17) is 10.9 Å². The molecule has 0 bridgehead atoms. The van der Waals surface area contributed by atoms with Crippen LogP contribution in [-0.4, -0.2) is 8.42 Å². The van der Waals surface area contributed by atoms with Crippen molar-refractivity contribution in [2.75, 3.05) is 11.1 Å². The van der Waals surface area contributed by atoms with Crippen molar-refractivity contribution < 1.29 is 8.42 Å². The predicted molar refractivity (Wildman–Crippen MR) is 86.0 cm³/mol. The molecule has 0 fully saturated rings. The van der Waals surface area contributed by atoms with Gasteiger partial charge in [-0.2, -0.15) is 0 Å². The summed E-state index contributed by atoms with van der Waals surface area (Å²) in [6.07, 6.45) is 0. The number of hydrogen-bond donors (Lipinski definition) is 3. The van der Waals surface area contributed by atoms with Gasteiger partial charge >= 0.3 is 0 Å². The summed E-state index contributed by atoms with van der Waals surface area (Å²) in [5.74, 6) is 0.440. The molecule has 0 aliphatic carbocycles. The number of benzene rings is 2. The van der Waals surface area contributed by atoms with Crippen LogP contribution >= 0.6 is 0 Å². The Hall–Kier alpha value is -2.05. The topological polar surface area (TPSA) is 98.2 Å². The molecule has 2 rings (SSSR count). The first-order valence-electron chi connectivity index (χ1n) is 6.56. The summed E-state index contributed by atoms with van der Waals surface area (Å²) in [4.78, 5) is -0.0181. The van der Waals surface area contributed by atoms with Crippen molar-refractivity contribution in [2.45, 2.75) is 24.7 Å². The van der Waals surface area contributed by atoms with Crippen LogP contribution in [0.4, 0.5) is 17.1 Å². The minimum Gasteiger partial charge on any atom is -0.399 e. The average molecular weight is 305 g/mol. The first-order chi connectivity index (χ1) is 9.77. The predicted octanol–water partition coefficient (Wildman–Crippen LogP) is 2.78. The molecule has 0 aliphatic rings. The van der Waals surface area contributed by atoms with Crippen molar-refractivity contribution in [2.24, 2.45) is 5.14 Å². The molecule has 0 heterocycles. The molecule has 0 saturated heterocycles. The minimum absolute atomic E-state index is 0.0181. The Morgan fingerprint density at radius 3 is 2.19 bits per heavy atom.